The number of nitrogens with zero attached hydrogens (tertiary/aromatic N) is 2. The highest BCUT2D eigenvalue weighted by atomic mass is 15.2. The van der Waals surface area contributed by atoms with Crippen LogP contribution in [-0.2, 0) is 10.8 Å². The van der Waals surface area contributed by atoms with Gasteiger partial charge < -0.3 is 9.80 Å². The molecule has 2 aliphatic rings. The smallest absolute Gasteiger partial charge is 0.0502 e. The minimum Gasteiger partial charge on any atom is -0.310 e. The lowest BCUT2D eigenvalue weighted by molar-refractivity contribution is 0.632. The van der Waals surface area contributed by atoms with Crippen LogP contribution in [0.3, 0.4) is 0 Å². The molecule has 0 bridgehead atoms. The molecule has 0 radical (unpaired) electrons. The fourth-order valence-electron chi connectivity index (χ4n) is 11.1. The summed E-state index contributed by atoms with van der Waals surface area (Å²) in [6.45, 7) is 11.6. The topological polar surface area (TPSA) is 6.48 Å². The van der Waals surface area contributed by atoms with Crippen molar-refractivity contribution < 1.29 is 0 Å². The molecule has 0 amide bonds. The summed E-state index contributed by atoms with van der Waals surface area (Å²) in [7, 11) is 0. The Bertz CT molecular complexity index is 3400. The van der Waals surface area contributed by atoms with E-state index in [0.29, 0.717) is 0 Å². The maximum atomic E-state index is 2.49. The zero-order valence-corrected chi connectivity index (χ0v) is 36.4. The number of anilines is 6. The van der Waals surface area contributed by atoms with Crippen molar-refractivity contribution in [3.63, 3.8) is 0 Å². The molecule has 12 rings (SSSR count). The van der Waals surface area contributed by atoms with Crippen LogP contribution in [0.25, 0.3) is 54.6 Å². The number of aryl methyl sites for hydroxylation is 1. The van der Waals surface area contributed by atoms with Gasteiger partial charge in [-0.2, -0.15) is 0 Å². The molecule has 2 heterocycles. The molecule has 302 valence electrons. The van der Waals surface area contributed by atoms with Gasteiger partial charge in [-0.3, -0.25) is 0 Å². The summed E-state index contributed by atoms with van der Waals surface area (Å²) in [6.07, 6.45) is 0. The van der Waals surface area contributed by atoms with Crippen molar-refractivity contribution in [2.45, 2.75) is 45.4 Å². The summed E-state index contributed by atoms with van der Waals surface area (Å²) in [6, 6.07) is 75.1. The molecule has 0 aromatic heterocycles. The van der Waals surface area contributed by atoms with Gasteiger partial charge in [0.05, 0.1) is 22.7 Å². The second kappa shape index (κ2) is 13.8. The predicted molar refractivity (Wildman–Crippen MR) is 268 cm³/mol. The Labute approximate surface area is 370 Å². The van der Waals surface area contributed by atoms with Gasteiger partial charge in [0.1, 0.15) is 0 Å². The van der Waals surface area contributed by atoms with E-state index < -0.39 is 0 Å². The summed E-state index contributed by atoms with van der Waals surface area (Å²) in [4.78, 5) is 4.98. The Morgan fingerprint density at radius 3 is 1.19 bits per heavy atom. The minimum atomic E-state index is -0.145. The normalized spacial score (nSPS) is 14.6. The number of hydrogen-bond donors (Lipinski definition) is 0. The molecule has 2 nitrogen and oxygen atoms in total. The SMILES string of the molecule is Cc1cccc(-c2c3ccc(N4c5ccccc5C(C)(C)c5ccccc54)cc3c(-c3ccc4ccccc4c3)c3ccc(N4c5ccccc5C(C)(C)c5ccccc54)cc23)c1. The highest BCUT2D eigenvalue weighted by Gasteiger charge is 2.38. The standard InChI is InChI=1S/C61H48N2/c1-39-17-16-20-42(35-39)58-46-33-31-45(63-56-27-14-10-23-52(56)61(4,5)53-24-11-15-28-57(53)63)38-49(46)59(43-30-29-40-18-6-7-19-41(40)36-43)47-34-32-44(37-48(47)58)62-54-25-12-8-21-50(54)60(2,3)51-22-9-13-26-55(51)62/h6-38H,1-5H3. The van der Waals surface area contributed by atoms with Crippen molar-refractivity contribution in [1.82, 2.24) is 0 Å². The van der Waals surface area contributed by atoms with Crippen LogP contribution in [0, 0.1) is 6.92 Å². The second-order valence-electron chi connectivity index (χ2n) is 18.6. The molecule has 0 aliphatic carbocycles. The molecule has 0 spiro atoms. The van der Waals surface area contributed by atoms with E-state index in [0.717, 1.165) is 11.4 Å². The number of para-hydroxylation sites is 4. The zero-order chi connectivity index (χ0) is 42.6. The van der Waals surface area contributed by atoms with Crippen LogP contribution in [-0.4, -0.2) is 0 Å². The Hall–Kier alpha value is -7.42. The van der Waals surface area contributed by atoms with E-state index in [-0.39, 0.29) is 10.8 Å². The summed E-state index contributed by atoms with van der Waals surface area (Å²) >= 11 is 0. The van der Waals surface area contributed by atoms with Crippen molar-refractivity contribution in [2.75, 3.05) is 9.80 Å². The van der Waals surface area contributed by atoms with Crippen molar-refractivity contribution in [3.05, 3.63) is 228 Å². The van der Waals surface area contributed by atoms with E-state index >= 15 is 0 Å². The summed E-state index contributed by atoms with van der Waals surface area (Å²) < 4.78 is 0. The van der Waals surface area contributed by atoms with Crippen molar-refractivity contribution >= 4 is 66.4 Å². The molecule has 10 aromatic rings. The van der Waals surface area contributed by atoms with E-state index in [1.165, 1.54) is 105 Å². The first-order chi connectivity index (χ1) is 30.7. The largest absolute Gasteiger partial charge is 0.310 e. The second-order valence-corrected chi connectivity index (χ2v) is 18.6. The van der Waals surface area contributed by atoms with Crippen LogP contribution in [0.1, 0.15) is 55.5 Å². The van der Waals surface area contributed by atoms with E-state index in [1.54, 1.807) is 0 Å². The van der Waals surface area contributed by atoms with Gasteiger partial charge in [0, 0.05) is 22.2 Å². The third-order valence-corrected chi connectivity index (χ3v) is 14.2. The average Bonchev–Trinajstić information content (AvgIpc) is 3.31. The Kier molecular flexibility index (Phi) is 8.18. The van der Waals surface area contributed by atoms with Crippen molar-refractivity contribution in [3.8, 4) is 22.3 Å². The van der Waals surface area contributed by atoms with E-state index in [9.17, 15) is 0 Å². The number of rotatable bonds is 4. The summed E-state index contributed by atoms with van der Waals surface area (Å²) in [5.41, 5.74) is 18.4. The third-order valence-electron chi connectivity index (χ3n) is 14.2. The van der Waals surface area contributed by atoms with Crippen LogP contribution < -0.4 is 9.80 Å². The Morgan fingerprint density at radius 1 is 0.317 bits per heavy atom. The fourth-order valence-corrected chi connectivity index (χ4v) is 11.1. The highest BCUT2D eigenvalue weighted by Crippen LogP contribution is 2.55. The summed E-state index contributed by atoms with van der Waals surface area (Å²) in [5, 5.41) is 7.40. The van der Waals surface area contributed by atoms with Crippen molar-refractivity contribution in [2.24, 2.45) is 0 Å². The molecule has 0 unspecified atom stereocenters. The summed E-state index contributed by atoms with van der Waals surface area (Å²) in [5.74, 6) is 0. The molecule has 10 aromatic carbocycles. The van der Waals surface area contributed by atoms with E-state index in [4.69, 9.17) is 0 Å². The van der Waals surface area contributed by atoms with Crippen LogP contribution >= 0.6 is 0 Å². The fraction of sp³-hybridized carbons (Fsp3) is 0.115. The zero-order valence-electron chi connectivity index (χ0n) is 36.4. The quantitative estimate of drug-likeness (QED) is 0.163. The lowest BCUT2D eigenvalue weighted by Gasteiger charge is -2.42. The molecular formula is C61H48N2. The number of hydrogen-bond acceptors (Lipinski definition) is 2. The maximum absolute atomic E-state index is 2.49. The molecule has 0 N–H and O–H groups in total. The van der Waals surface area contributed by atoms with Gasteiger partial charge >= 0.3 is 0 Å². The average molecular weight is 809 g/mol. The molecule has 2 heteroatoms. The van der Waals surface area contributed by atoms with E-state index in [1.807, 2.05) is 0 Å². The number of benzene rings is 10. The third kappa shape index (κ3) is 5.57. The van der Waals surface area contributed by atoms with Crippen molar-refractivity contribution in [1.29, 1.82) is 0 Å². The van der Waals surface area contributed by atoms with Crippen LogP contribution in [0.2, 0.25) is 0 Å². The molecule has 0 fully saturated rings. The molecule has 0 saturated heterocycles. The molecule has 63 heavy (non-hydrogen) atoms. The van der Waals surface area contributed by atoms with Crippen LogP contribution in [0.15, 0.2) is 200 Å². The molecule has 0 saturated carbocycles. The molecule has 0 atom stereocenters. The lowest BCUT2D eigenvalue weighted by Crippen LogP contribution is -2.30. The lowest BCUT2D eigenvalue weighted by atomic mass is 9.73. The maximum Gasteiger partial charge on any atom is 0.0502 e. The van der Waals surface area contributed by atoms with Crippen LogP contribution in [0.4, 0.5) is 34.1 Å². The monoisotopic (exact) mass is 808 g/mol. The Morgan fingerprint density at radius 2 is 0.730 bits per heavy atom. The van der Waals surface area contributed by atoms with Gasteiger partial charge in [-0.25, -0.2) is 0 Å². The van der Waals surface area contributed by atoms with E-state index in [2.05, 4.69) is 245 Å². The van der Waals surface area contributed by atoms with Crippen LogP contribution in [0.5, 0.6) is 0 Å². The number of fused-ring (bicyclic) bond motifs is 7. The molecular weight excluding hydrogens is 761 g/mol. The first-order valence-corrected chi connectivity index (χ1v) is 22.3. The van der Waals surface area contributed by atoms with Gasteiger partial charge in [0.15, 0.2) is 0 Å². The van der Waals surface area contributed by atoms with Gasteiger partial charge in [-0.05, 0) is 138 Å². The minimum absolute atomic E-state index is 0.143. The predicted octanol–water partition coefficient (Wildman–Crippen LogP) is 17.0. The van der Waals surface area contributed by atoms with Gasteiger partial charge in [-0.15, -0.1) is 0 Å². The molecule has 2 aliphatic heterocycles. The Balaban J connectivity index is 1.19. The highest BCUT2D eigenvalue weighted by molar-refractivity contribution is 6.23. The van der Waals surface area contributed by atoms with Gasteiger partial charge in [0.25, 0.3) is 0 Å². The van der Waals surface area contributed by atoms with Gasteiger partial charge in [0.2, 0.25) is 0 Å². The van der Waals surface area contributed by atoms with Gasteiger partial charge in [-0.1, -0.05) is 179 Å². The first kappa shape index (κ1) is 37.4. The first-order valence-electron chi connectivity index (χ1n) is 22.3.